The van der Waals surface area contributed by atoms with Crippen LogP contribution in [0.15, 0.2) is 54.0 Å². The minimum atomic E-state index is -2.68. The molecule has 2 bridgehead atoms. The van der Waals surface area contributed by atoms with E-state index in [1.165, 1.54) is 12.7 Å². The van der Waals surface area contributed by atoms with Crippen molar-refractivity contribution < 1.29 is 18.4 Å². The van der Waals surface area contributed by atoms with E-state index in [1.807, 2.05) is 18.2 Å². The van der Waals surface area contributed by atoms with E-state index in [0.717, 1.165) is 38.4 Å². The van der Waals surface area contributed by atoms with Crippen LogP contribution in [0, 0.1) is 11.6 Å². The molecule has 6 rings (SSSR count). The van der Waals surface area contributed by atoms with Crippen LogP contribution in [0.25, 0.3) is 5.57 Å². The number of carbonyl (C=O) groups is 2. The standard InChI is InChI=1S/C19H10F2NO2S.In/c20-15-8-9-16(21)14(10-15)7-6-13(12-4-2-1-3-5-12)11-17-18(23)22-19(24)25-17;/h1-4,8-10H,7H2,(H,22,23,24);. The van der Waals surface area contributed by atoms with Gasteiger partial charge in [-0.25, -0.2) is 0 Å². The Kier molecular flexibility index (Phi) is 3.66. The molecule has 4 aliphatic rings. The van der Waals surface area contributed by atoms with Crippen LogP contribution in [0.4, 0.5) is 13.6 Å². The van der Waals surface area contributed by atoms with Crippen molar-refractivity contribution in [1.82, 2.24) is 5.32 Å². The number of amides is 2. The molecular formula is C19H10F2InNO2S. The molecule has 3 nitrogen and oxygen atoms in total. The van der Waals surface area contributed by atoms with E-state index >= 15 is 0 Å². The molecule has 2 amide bonds. The molecule has 2 aromatic rings. The van der Waals surface area contributed by atoms with Gasteiger partial charge in [-0.1, -0.05) is 0 Å². The quantitative estimate of drug-likeness (QED) is 0.689. The third-order valence-electron chi connectivity index (χ3n) is 5.02. The van der Waals surface area contributed by atoms with E-state index in [2.05, 4.69) is 11.4 Å². The number of halogens is 2. The van der Waals surface area contributed by atoms with E-state index in [9.17, 15) is 18.4 Å². The Hall–Kier alpha value is -1.86. The van der Waals surface area contributed by atoms with Crippen molar-refractivity contribution in [3.05, 3.63) is 76.8 Å². The van der Waals surface area contributed by atoms with Gasteiger partial charge in [-0.15, -0.1) is 0 Å². The zero-order valence-electron chi connectivity index (χ0n) is 13.3. The fourth-order valence-corrected chi connectivity index (χ4v) is 16.5. The number of allylic oxidation sites excluding steroid dienone is 3. The first-order chi connectivity index (χ1) is 12.5. The van der Waals surface area contributed by atoms with Crippen molar-refractivity contribution in [3.63, 3.8) is 0 Å². The molecule has 0 aromatic heterocycles. The van der Waals surface area contributed by atoms with Crippen molar-refractivity contribution in [2.45, 2.75) is 6.42 Å². The zero-order chi connectivity index (χ0) is 18.0. The first-order valence-electron chi connectivity index (χ1n) is 8.08. The zero-order valence-corrected chi connectivity index (χ0v) is 17.4. The molecule has 0 radical (unpaired) electrons. The number of carbonyl (C=O) groups excluding carboxylic acids is 2. The van der Waals surface area contributed by atoms with E-state index in [1.54, 1.807) is 0 Å². The van der Waals surface area contributed by atoms with E-state index in [4.69, 9.17) is 0 Å². The van der Waals surface area contributed by atoms with Crippen LogP contribution >= 0.6 is 11.8 Å². The van der Waals surface area contributed by atoms with Gasteiger partial charge in [-0.2, -0.15) is 0 Å². The SMILES string of the molecule is O=C1NC(=O)/C(=[C]2\C3=[C](Cc4cc(F)ccc4F)[In]2[c]2ccccc23)S1. The molecule has 4 aliphatic heterocycles. The van der Waals surface area contributed by atoms with Crippen molar-refractivity contribution in [3.8, 4) is 0 Å². The Labute approximate surface area is 159 Å². The van der Waals surface area contributed by atoms with Crippen LogP contribution in [-0.2, 0) is 11.2 Å². The van der Waals surface area contributed by atoms with Gasteiger partial charge in [0.2, 0.25) is 0 Å². The van der Waals surface area contributed by atoms with Gasteiger partial charge in [0.05, 0.1) is 0 Å². The second kappa shape index (κ2) is 5.82. The number of rotatable bonds is 2. The second-order valence-corrected chi connectivity index (χ2v) is 15.3. The van der Waals surface area contributed by atoms with Crippen LogP contribution in [-0.4, -0.2) is 32.6 Å². The fraction of sp³-hybridized carbons (Fsp3) is 0.0526. The summed E-state index contributed by atoms with van der Waals surface area (Å²) in [5.74, 6) is -1.21. The van der Waals surface area contributed by atoms with E-state index < -0.39 is 33.1 Å². The van der Waals surface area contributed by atoms with Crippen LogP contribution in [0.2, 0.25) is 0 Å². The maximum absolute atomic E-state index is 14.1. The van der Waals surface area contributed by atoms with Gasteiger partial charge in [-0.3, -0.25) is 0 Å². The summed E-state index contributed by atoms with van der Waals surface area (Å²) in [4.78, 5) is 24.2. The van der Waals surface area contributed by atoms with Crippen LogP contribution < -0.4 is 8.64 Å². The number of thioether (sulfide) groups is 1. The van der Waals surface area contributed by atoms with Gasteiger partial charge in [0.25, 0.3) is 0 Å². The van der Waals surface area contributed by atoms with Crippen LogP contribution in [0.1, 0.15) is 11.1 Å². The number of hydrogen-bond donors (Lipinski definition) is 1. The summed E-state index contributed by atoms with van der Waals surface area (Å²) in [6.45, 7) is 0. The molecular weight excluding hydrogens is 459 g/mol. The molecule has 126 valence electrons. The Morgan fingerprint density at radius 3 is 2.62 bits per heavy atom. The van der Waals surface area contributed by atoms with Gasteiger partial charge in [0.15, 0.2) is 0 Å². The maximum atomic E-state index is 14.1. The summed E-state index contributed by atoms with van der Waals surface area (Å²) in [6.07, 6.45) is 0.366. The molecule has 4 heterocycles. The van der Waals surface area contributed by atoms with E-state index in [-0.39, 0.29) is 11.1 Å². The van der Waals surface area contributed by atoms with Gasteiger partial charge in [0.1, 0.15) is 0 Å². The molecule has 0 spiro atoms. The summed E-state index contributed by atoms with van der Waals surface area (Å²) in [5, 5.41) is 1.97. The first-order valence-corrected chi connectivity index (χ1v) is 13.8. The van der Waals surface area contributed by atoms with Crippen molar-refractivity contribution >= 4 is 53.2 Å². The fourth-order valence-electron chi connectivity index (χ4n) is 4.01. The minimum absolute atomic E-state index is 0.335. The third kappa shape index (κ3) is 2.26. The normalized spacial score (nSPS) is 20.5. The van der Waals surface area contributed by atoms with Crippen LogP contribution in [0.5, 0.6) is 0 Å². The van der Waals surface area contributed by atoms with Crippen molar-refractivity contribution in [1.29, 1.82) is 0 Å². The molecule has 0 unspecified atom stereocenters. The predicted molar refractivity (Wildman–Crippen MR) is 97.0 cm³/mol. The second-order valence-electron chi connectivity index (χ2n) is 6.42. The molecule has 1 fully saturated rings. The molecule has 0 atom stereocenters. The molecule has 0 aliphatic carbocycles. The monoisotopic (exact) mass is 469 g/mol. The third-order valence-corrected chi connectivity index (χ3v) is 16.4. The van der Waals surface area contributed by atoms with Crippen molar-refractivity contribution in [2.24, 2.45) is 0 Å². The molecule has 1 N–H and O–H groups in total. The van der Waals surface area contributed by atoms with E-state index in [0.29, 0.717) is 16.9 Å². The molecule has 0 saturated carbocycles. The summed E-state index contributed by atoms with van der Waals surface area (Å²) in [5.41, 5.74) is 2.42. The van der Waals surface area contributed by atoms with Gasteiger partial charge < -0.3 is 0 Å². The van der Waals surface area contributed by atoms with Gasteiger partial charge in [0, 0.05) is 0 Å². The summed E-state index contributed by atoms with van der Waals surface area (Å²) in [6, 6.07) is 11.5. The number of benzene rings is 2. The van der Waals surface area contributed by atoms with Gasteiger partial charge in [-0.05, 0) is 0 Å². The number of hydrogen-bond acceptors (Lipinski definition) is 3. The first kappa shape index (κ1) is 16.3. The summed E-state index contributed by atoms with van der Waals surface area (Å²) < 4.78 is 31.1. The van der Waals surface area contributed by atoms with Crippen molar-refractivity contribution in [2.75, 3.05) is 0 Å². The van der Waals surface area contributed by atoms with Crippen LogP contribution in [0.3, 0.4) is 0 Å². The summed E-state index contributed by atoms with van der Waals surface area (Å²) >= 11 is -1.72. The molecule has 26 heavy (non-hydrogen) atoms. The molecule has 2 aromatic carbocycles. The number of nitrogens with one attached hydrogen (secondary N) is 1. The Bertz CT molecular complexity index is 1090. The molecule has 1 saturated heterocycles. The Morgan fingerprint density at radius 1 is 1.08 bits per heavy atom. The predicted octanol–water partition coefficient (Wildman–Crippen LogP) is 3.01. The van der Waals surface area contributed by atoms with Gasteiger partial charge >= 0.3 is 160 Å². The summed E-state index contributed by atoms with van der Waals surface area (Å²) in [7, 11) is 0. The molecule has 7 heteroatoms. The average Bonchev–Trinajstić information content (AvgIpc) is 3.22. The Morgan fingerprint density at radius 2 is 1.88 bits per heavy atom. The topological polar surface area (TPSA) is 46.2 Å². The number of imide groups is 1. The Balaban J connectivity index is 1.64. The average molecular weight is 469 g/mol.